The fraction of sp³-hybridized carbons (Fsp3) is 0.500. The zero-order valence-electron chi connectivity index (χ0n) is 12.6. The highest BCUT2D eigenvalue weighted by Crippen LogP contribution is 2.32. The summed E-state index contributed by atoms with van der Waals surface area (Å²) in [5.74, 6) is -0.278. The fourth-order valence-corrected chi connectivity index (χ4v) is 3.63. The van der Waals surface area contributed by atoms with E-state index in [4.69, 9.17) is 4.74 Å². The number of benzene rings is 1. The Balaban J connectivity index is 1.85. The average molecular weight is 285 g/mol. The molecule has 3 heteroatoms. The maximum atomic E-state index is 12.2. The quantitative estimate of drug-likeness (QED) is 0.799. The van der Waals surface area contributed by atoms with Gasteiger partial charge in [0.1, 0.15) is 0 Å². The van der Waals surface area contributed by atoms with Crippen LogP contribution in [0, 0.1) is 5.92 Å². The molecule has 2 aliphatic rings. The maximum absolute atomic E-state index is 12.2. The summed E-state index contributed by atoms with van der Waals surface area (Å²) in [7, 11) is 1.49. The Bertz CT molecular complexity index is 517. The molecular formula is C18H23NO2. The lowest BCUT2D eigenvalue weighted by Crippen LogP contribution is -2.43. The molecule has 0 bridgehead atoms. The molecule has 0 amide bonds. The number of carbonyl (C=O) groups is 1. The van der Waals surface area contributed by atoms with E-state index in [1.54, 1.807) is 0 Å². The summed E-state index contributed by atoms with van der Waals surface area (Å²) in [6.07, 6.45) is 7.39. The van der Waals surface area contributed by atoms with E-state index < -0.39 is 0 Å². The highest BCUT2D eigenvalue weighted by Gasteiger charge is 2.33. The molecule has 0 radical (unpaired) electrons. The van der Waals surface area contributed by atoms with Gasteiger partial charge in [0, 0.05) is 19.1 Å². The number of nitrogens with zero attached hydrogens (tertiary/aromatic N) is 1. The smallest absolute Gasteiger partial charge is 0.314 e. The molecule has 1 aliphatic carbocycles. The molecule has 1 aromatic carbocycles. The van der Waals surface area contributed by atoms with Gasteiger partial charge < -0.3 is 4.74 Å². The van der Waals surface area contributed by atoms with Gasteiger partial charge in [-0.2, -0.15) is 0 Å². The molecule has 1 aromatic rings. The number of hydrogen-bond acceptors (Lipinski definition) is 3. The first-order valence-corrected chi connectivity index (χ1v) is 7.87. The van der Waals surface area contributed by atoms with Crippen LogP contribution in [0.3, 0.4) is 0 Å². The van der Waals surface area contributed by atoms with Crippen LogP contribution in [0.2, 0.25) is 0 Å². The minimum atomic E-state index is -0.160. The highest BCUT2D eigenvalue weighted by atomic mass is 16.5. The second kappa shape index (κ2) is 6.44. The number of esters is 1. The zero-order chi connectivity index (χ0) is 14.7. The maximum Gasteiger partial charge on any atom is 0.314 e. The zero-order valence-corrected chi connectivity index (χ0v) is 12.6. The number of rotatable bonds is 3. The van der Waals surface area contributed by atoms with Crippen LogP contribution in [0.25, 0.3) is 5.57 Å². The standard InChI is InChI=1S/C18H23NO2/c1-21-18(20)17-13-19(15-9-5-6-10-15)12-11-16(17)14-7-3-2-4-8-14/h2-4,7-8,11,15,17H,5-6,9-10,12-13H2,1H3. The Labute approximate surface area is 126 Å². The molecule has 3 nitrogen and oxygen atoms in total. The first-order chi connectivity index (χ1) is 10.3. The summed E-state index contributed by atoms with van der Waals surface area (Å²) in [5.41, 5.74) is 2.26. The second-order valence-corrected chi connectivity index (χ2v) is 5.99. The molecule has 112 valence electrons. The van der Waals surface area contributed by atoms with E-state index >= 15 is 0 Å². The van der Waals surface area contributed by atoms with Crippen molar-refractivity contribution in [3.63, 3.8) is 0 Å². The van der Waals surface area contributed by atoms with Crippen molar-refractivity contribution in [2.24, 2.45) is 5.92 Å². The molecule has 0 aromatic heterocycles. The first-order valence-electron chi connectivity index (χ1n) is 7.87. The normalized spacial score (nSPS) is 23.9. The molecular weight excluding hydrogens is 262 g/mol. The van der Waals surface area contributed by atoms with E-state index in [0.717, 1.165) is 24.2 Å². The van der Waals surface area contributed by atoms with Crippen molar-refractivity contribution >= 4 is 11.5 Å². The van der Waals surface area contributed by atoms with Crippen molar-refractivity contribution in [3.05, 3.63) is 42.0 Å². The van der Waals surface area contributed by atoms with Crippen molar-refractivity contribution in [1.82, 2.24) is 4.90 Å². The lowest BCUT2D eigenvalue weighted by Gasteiger charge is -2.35. The van der Waals surface area contributed by atoms with Gasteiger partial charge in [-0.15, -0.1) is 0 Å². The van der Waals surface area contributed by atoms with Crippen LogP contribution in [0.4, 0.5) is 0 Å². The summed E-state index contributed by atoms with van der Waals surface area (Å²) in [4.78, 5) is 14.7. The summed E-state index contributed by atoms with van der Waals surface area (Å²) in [6.45, 7) is 1.74. The molecule has 0 N–H and O–H groups in total. The van der Waals surface area contributed by atoms with Gasteiger partial charge in [-0.25, -0.2) is 0 Å². The molecule has 1 saturated carbocycles. The molecule has 1 unspecified atom stereocenters. The van der Waals surface area contributed by atoms with Gasteiger partial charge in [0.15, 0.2) is 0 Å². The number of ether oxygens (including phenoxy) is 1. The Hall–Kier alpha value is -1.61. The Morgan fingerprint density at radius 2 is 1.90 bits per heavy atom. The van der Waals surface area contributed by atoms with Crippen LogP contribution in [0.1, 0.15) is 31.2 Å². The van der Waals surface area contributed by atoms with Gasteiger partial charge in [-0.1, -0.05) is 49.2 Å². The third kappa shape index (κ3) is 3.03. The van der Waals surface area contributed by atoms with E-state index in [9.17, 15) is 4.79 Å². The predicted octanol–water partition coefficient (Wildman–Crippen LogP) is 3.12. The minimum Gasteiger partial charge on any atom is -0.469 e. The summed E-state index contributed by atoms with van der Waals surface area (Å²) >= 11 is 0. The third-order valence-corrected chi connectivity index (χ3v) is 4.77. The Morgan fingerprint density at radius 3 is 2.57 bits per heavy atom. The molecule has 0 saturated heterocycles. The van der Waals surface area contributed by atoms with Crippen LogP contribution in [0.15, 0.2) is 36.4 Å². The van der Waals surface area contributed by atoms with E-state index in [-0.39, 0.29) is 11.9 Å². The van der Waals surface area contributed by atoms with Crippen LogP contribution in [0.5, 0.6) is 0 Å². The van der Waals surface area contributed by atoms with Gasteiger partial charge >= 0.3 is 5.97 Å². The van der Waals surface area contributed by atoms with E-state index in [2.05, 4.69) is 23.1 Å². The fourth-order valence-electron chi connectivity index (χ4n) is 3.63. The van der Waals surface area contributed by atoms with E-state index in [1.807, 2.05) is 18.2 Å². The number of methoxy groups -OCH3 is 1. The van der Waals surface area contributed by atoms with Gasteiger partial charge in [0.25, 0.3) is 0 Å². The first kappa shape index (κ1) is 14.3. The molecule has 1 fully saturated rings. The van der Waals surface area contributed by atoms with Crippen molar-refractivity contribution in [2.75, 3.05) is 20.2 Å². The molecule has 3 rings (SSSR count). The Kier molecular flexibility index (Phi) is 4.39. The third-order valence-electron chi connectivity index (χ3n) is 4.77. The van der Waals surface area contributed by atoms with Crippen LogP contribution in [-0.2, 0) is 9.53 Å². The van der Waals surface area contributed by atoms with Crippen molar-refractivity contribution in [3.8, 4) is 0 Å². The monoisotopic (exact) mass is 285 g/mol. The van der Waals surface area contributed by atoms with Gasteiger partial charge in [0.2, 0.25) is 0 Å². The van der Waals surface area contributed by atoms with Gasteiger partial charge in [-0.05, 0) is 24.0 Å². The van der Waals surface area contributed by atoms with Crippen molar-refractivity contribution in [1.29, 1.82) is 0 Å². The van der Waals surface area contributed by atoms with Crippen molar-refractivity contribution < 1.29 is 9.53 Å². The van der Waals surface area contributed by atoms with Gasteiger partial charge in [-0.3, -0.25) is 9.69 Å². The molecule has 1 heterocycles. The largest absolute Gasteiger partial charge is 0.469 e. The molecule has 21 heavy (non-hydrogen) atoms. The summed E-state index contributed by atoms with van der Waals surface area (Å²) in [5, 5.41) is 0. The van der Waals surface area contributed by atoms with Gasteiger partial charge in [0.05, 0.1) is 13.0 Å². The highest BCUT2D eigenvalue weighted by molar-refractivity contribution is 5.89. The lowest BCUT2D eigenvalue weighted by atomic mass is 9.88. The topological polar surface area (TPSA) is 29.5 Å². The molecule has 0 spiro atoms. The predicted molar refractivity (Wildman–Crippen MR) is 83.8 cm³/mol. The molecule has 1 aliphatic heterocycles. The van der Waals surface area contributed by atoms with Crippen LogP contribution in [-0.4, -0.2) is 37.1 Å². The summed E-state index contributed by atoms with van der Waals surface area (Å²) in [6, 6.07) is 10.8. The summed E-state index contributed by atoms with van der Waals surface area (Å²) < 4.78 is 5.05. The van der Waals surface area contributed by atoms with Crippen molar-refractivity contribution in [2.45, 2.75) is 31.7 Å². The number of carbonyl (C=O) groups excluding carboxylic acids is 1. The van der Waals surface area contributed by atoms with Crippen LogP contribution < -0.4 is 0 Å². The average Bonchev–Trinajstić information content (AvgIpc) is 3.09. The SMILES string of the molecule is COC(=O)C1CN(C2CCCC2)CC=C1c1ccccc1. The Morgan fingerprint density at radius 1 is 1.19 bits per heavy atom. The van der Waals surface area contributed by atoms with E-state index in [1.165, 1.54) is 32.8 Å². The minimum absolute atomic E-state index is 0.118. The number of hydrogen-bond donors (Lipinski definition) is 0. The van der Waals surface area contributed by atoms with Crippen LogP contribution >= 0.6 is 0 Å². The van der Waals surface area contributed by atoms with E-state index in [0.29, 0.717) is 6.04 Å². The second-order valence-electron chi connectivity index (χ2n) is 5.99. The molecule has 1 atom stereocenters. The lowest BCUT2D eigenvalue weighted by molar-refractivity contribution is -0.144.